The van der Waals surface area contributed by atoms with Gasteiger partial charge in [0.25, 0.3) is 0 Å². The zero-order valence-corrected chi connectivity index (χ0v) is 18.1. The highest BCUT2D eigenvalue weighted by Crippen LogP contribution is 2.38. The fraction of sp³-hybridized carbons (Fsp3) is 0.611. The average molecular weight is 450 g/mol. The maximum absolute atomic E-state index is 14.0. The zero-order chi connectivity index (χ0) is 19.9. The maximum Gasteiger partial charge on any atom is 0.245 e. The van der Waals surface area contributed by atoms with Crippen LogP contribution in [0.15, 0.2) is 22.9 Å². The molecule has 0 aliphatic heterocycles. The highest BCUT2D eigenvalue weighted by molar-refractivity contribution is 9.10. The van der Waals surface area contributed by atoms with E-state index in [9.17, 15) is 13.0 Å². The Hall–Kier alpha value is -0.860. The van der Waals surface area contributed by atoms with Gasteiger partial charge in [0.15, 0.2) is 0 Å². The molecule has 1 unspecified atom stereocenters. The van der Waals surface area contributed by atoms with Crippen molar-refractivity contribution in [3.05, 3.63) is 28.5 Å². The van der Waals surface area contributed by atoms with E-state index >= 15 is 0 Å². The summed E-state index contributed by atoms with van der Waals surface area (Å²) in [5, 5.41) is 6.22. The molecule has 0 radical (unpaired) electrons. The van der Waals surface area contributed by atoms with E-state index < -0.39 is 28.1 Å². The molecule has 26 heavy (non-hydrogen) atoms. The van der Waals surface area contributed by atoms with Crippen molar-refractivity contribution in [3.8, 4) is 0 Å². The largest absolute Gasteiger partial charge is 0.332 e. The van der Waals surface area contributed by atoms with E-state index in [0.29, 0.717) is 27.7 Å². The number of pyridine rings is 1. The van der Waals surface area contributed by atoms with Crippen LogP contribution < -0.4 is 5.14 Å². The number of aromatic nitrogens is 2. The maximum atomic E-state index is 14.0. The number of hydrogen-bond acceptors (Lipinski definition) is 2. The Morgan fingerprint density at radius 2 is 1.88 bits per heavy atom. The molecular formula is C18H26BrF2N3OS. The van der Waals surface area contributed by atoms with E-state index in [1.54, 1.807) is 26.1 Å². The van der Waals surface area contributed by atoms with Crippen LogP contribution >= 0.6 is 15.9 Å². The standard InChI is InChI=1S/C18H26BrF2N3OS/c1-17(2,3)10-24-9-13(11-6-7-14(19)23-16(11)24)12(15(20)21)8-18(4,5)26(22)25/h6-7,9,12,15H,8,10,22H2,1-5H3/t12-,26?/m0/s1. The molecule has 0 saturated heterocycles. The van der Waals surface area contributed by atoms with Crippen molar-refractivity contribution in [2.45, 2.75) is 64.7 Å². The van der Waals surface area contributed by atoms with E-state index in [2.05, 4.69) is 41.7 Å². The van der Waals surface area contributed by atoms with Crippen LogP contribution in [0.5, 0.6) is 0 Å². The Labute approximate surface area is 164 Å². The number of nitrogens with zero attached hydrogens (tertiary/aromatic N) is 2. The number of fused-ring (bicyclic) bond motifs is 1. The van der Waals surface area contributed by atoms with Gasteiger partial charge in [0, 0.05) is 24.0 Å². The molecule has 2 aromatic heterocycles. The van der Waals surface area contributed by atoms with Crippen molar-refractivity contribution in [2.24, 2.45) is 10.6 Å². The van der Waals surface area contributed by atoms with Gasteiger partial charge < -0.3 is 4.57 Å². The molecule has 2 N–H and O–H groups in total. The van der Waals surface area contributed by atoms with Crippen molar-refractivity contribution in [1.29, 1.82) is 0 Å². The Balaban J connectivity index is 2.60. The molecule has 4 nitrogen and oxygen atoms in total. The summed E-state index contributed by atoms with van der Waals surface area (Å²) >= 11 is 3.36. The first-order valence-corrected chi connectivity index (χ1v) is 10.4. The van der Waals surface area contributed by atoms with Crippen LogP contribution in [0.2, 0.25) is 0 Å². The summed E-state index contributed by atoms with van der Waals surface area (Å²) in [5.74, 6) is -1.07. The first-order chi connectivity index (χ1) is 11.8. The van der Waals surface area contributed by atoms with Gasteiger partial charge in [0.1, 0.15) is 10.3 Å². The smallest absolute Gasteiger partial charge is 0.245 e. The van der Waals surface area contributed by atoms with Crippen molar-refractivity contribution in [3.63, 3.8) is 0 Å². The summed E-state index contributed by atoms with van der Waals surface area (Å²) in [7, 11) is -1.70. The van der Waals surface area contributed by atoms with Crippen LogP contribution in [0.1, 0.15) is 52.5 Å². The fourth-order valence-corrected chi connectivity index (χ4v) is 3.69. The van der Waals surface area contributed by atoms with E-state index in [1.165, 1.54) is 0 Å². The van der Waals surface area contributed by atoms with E-state index in [0.717, 1.165) is 0 Å². The average Bonchev–Trinajstić information content (AvgIpc) is 2.80. The minimum absolute atomic E-state index is 0.0263. The fourth-order valence-electron chi connectivity index (χ4n) is 3.04. The van der Waals surface area contributed by atoms with Crippen LogP contribution in [0.25, 0.3) is 11.0 Å². The topological polar surface area (TPSA) is 60.9 Å². The molecule has 0 amide bonds. The molecule has 0 aromatic carbocycles. The summed E-state index contributed by atoms with van der Waals surface area (Å²) in [6.45, 7) is 10.2. The molecule has 8 heteroatoms. The molecule has 0 bridgehead atoms. The highest BCUT2D eigenvalue weighted by Gasteiger charge is 2.35. The lowest BCUT2D eigenvalue weighted by Gasteiger charge is -2.27. The molecular weight excluding hydrogens is 424 g/mol. The zero-order valence-electron chi connectivity index (χ0n) is 15.7. The van der Waals surface area contributed by atoms with Crippen molar-refractivity contribution >= 4 is 37.9 Å². The molecule has 0 spiro atoms. The Kier molecular flexibility index (Phi) is 6.30. The lowest BCUT2D eigenvalue weighted by atomic mass is 9.90. The summed E-state index contributed by atoms with van der Waals surface area (Å²) in [5.41, 5.74) is 1.16. The minimum atomic E-state index is -2.59. The Bertz CT molecular complexity index is 815. The second-order valence-electron chi connectivity index (χ2n) is 8.48. The predicted molar refractivity (Wildman–Crippen MR) is 107 cm³/mol. The number of rotatable bonds is 6. The monoisotopic (exact) mass is 449 g/mol. The summed E-state index contributed by atoms with van der Waals surface area (Å²) in [6, 6.07) is 3.56. The van der Waals surface area contributed by atoms with Crippen molar-refractivity contribution in [1.82, 2.24) is 9.55 Å². The molecule has 0 aliphatic carbocycles. The van der Waals surface area contributed by atoms with Crippen molar-refractivity contribution in [2.75, 3.05) is 0 Å². The van der Waals surface area contributed by atoms with Gasteiger partial charge in [-0.2, -0.15) is 0 Å². The molecule has 2 aromatic rings. The highest BCUT2D eigenvalue weighted by atomic mass is 79.9. The summed E-state index contributed by atoms with van der Waals surface area (Å²) < 4.78 is 41.4. The van der Waals surface area contributed by atoms with Crippen LogP contribution in [0.4, 0.5) is 8.78 Å². The lowest BCUT2D eigenvalue weighted by molar-refractivity contribution is 0.106. The first kappa shape index (κ1) is 21.4. The second kappa shape index (κ2) is 7.64. The SMILES string of the molecule is CC(C)(C)Cn1cc([C@H](CC(C)(C)S(N)=O)C(F)F)c2ccc(Br)nc21. The van der Waals surface area contributed by atoms with Gasteiger partial charge in [-0.3, -0.25) is 5.14 Å². The number of halogens is 3. The molecule has 0 saturated carbocycles. The van der Waals surface area contributed by atoms with Crippen LogP contribution in [0, 0.1) is 5.41 Å². The summed E-state index contributed by atoms with van der Waals surface area (Å²) in [4.78, 5) is 4.50. The Morgan fingerprint density at radius 3 is 2.38 bits per heavy atom. The molecule has 2 atom stereocenters. The van der Waals surface area contributed by atoms with E-state index in [1.807, 2.05) is 10.6 Å². The van der Waals surface area contributed by atoms with Crippen molar-refractivity contribution < 1.29 is 13.0 Å². The van der Waals surface area contributed by atoms with E-state index in [4.69, 9.17) is 5.14 Å². The third kappa shape index (κ3) is 4.89. The van der Waals surface area contributed by atoms with Gasteiger partial charge in [-0.25, -0.2) is 18.0 Å². The Morgan fingerprint density at radius 1 is 1.27 bits per heavy atom. The molecule has 2 rings (SSSR count). The third-order valence-electron chi connectivity index (χ3n) is 4.32. The number of nitrogens with two attached hydrogens (primary N) is 1. The van der Waals surface area contributed by atoms with Gasteiger partial charge in [-0.05, 0) is 59.3 Å². The quantitative estimate of drug-likeness (QED) is 0.631. The van der Waals surface area contributed by atoms with Gasteiger partial charge >= 0.3 is 0 Å². The van der Waals surface area contributed by atoms with Gasteiger partial charge in [-0.1, -0.05) is 20.8 Å². The number of hydrogen-bond donors (Lipinski definition) is 1. The normalized spacial score (nSPS) is 15.6. The van der Waals surface area contributed by atoms with Crippen LogP contribution in [-0.4, -0.2) is 24.9 Å². The minimum Gasteiger partial charge on any atom is -0.332 e. The van der Waals surface area contributed by atoms with Gasteiger partial charge in [-0.15, -0.1) is 0 Å². The van der Waals surface area contributed by atoms with E-state index in [-0.39, 0.29) is 11.8 Å². The molecule has 2 heterocycles. The predicted octanol–water partition coefficient (Wildman–Crippen LogP) is 4.98. The third-order valence-corrected chi connectivity index (χ3v) is 6.02. The van der Waals surface area contributed by atoms with Crippen LogP contribution in [-0.2, 0) is 17.5 Å². The summed E-state index contributed by atoms with van der Waals surface area (Å²) in [6.07, 6.45) is -0.796. The van der Waals surface area contributed by atoms with Gasteiger partial charge in [0.2, 0.25) is 6.43 Å². The molecule has 0 fully saturated rings. The molecule has 0 aliphatic rings. The second-order valence-corrected chi connectivity index (χ2v) is 11.0. The van der Waals surface area contributed by atoms with Crippen LogP contribution in [0.3, 0.4) is 0 Å². The number of alkyl halides is 2. The van der Waals surface area contributed by atoms with Gasteiger partial charge in [0.05, 0.1) is 15.7 Å². The molecule has 146 valence electrons. The first-order valence-electron chi connectivity index (χ1n) is 8.41. The lowest BCUT2D eigenvalue weighted by Crippen LogP contribution is -2.35.